The van der Waals surface area contributed by atoms with Crippen LogP contribution in [-0.4, -0.2) is 68.2 Å². The second-order valence-corrected chi connectivity index (χ2v) is 8.49. The highest BCUT2D eigenvalue weighted by atomic mass is 16.5. The van der Waals surface area contributed by atoms with Crippen LogP contribution in [0.5, 0.6) is 5.75 Å². The summed E-state index contributed by atoms with van der Waals surface area (Å²) in [4.78, 5) is 10.1. The number of piperidine rings is 1. The maximum Gasteiger partial charge on any atom is 0.193 e. The molecule has 0 amide bonds. The zero-order valence-corrected chi connectivity index (χ0v) is 17.5. The van der Waals surface area contributed by atoms with Gasteiger partial charge in [0.05, 0.1) is 6.61 Å². The van der Waals surface area contributed by atoms with Gasteiger partial charge in [-0.05, 0) is 68.8 Å². The molecule has 4 rings (SSSR count). The van der Waals surface area contributed by atoms with Crippen molar-refractivity contribution >= 4 is 5.96 Å². The highest BCUT2D eigenvalue weighted by Gasteiger charge is 2.26. The molecule has 1 atom stereocenters. The molecule has 3 aliphatic heterocycles. The molecule has 1 N–H and O–H groups in total. The van der Waals surface area contributed by atoms with Crippen molar-refractivity contribution in [1.29, 1.82) is 0 Å². The highest BCUT2D eigenvalue weighted by Crippen LogP contribution is 2.26. The first-order chi connectivity index (χ1) is 13.8. The van der Waals surface area contributed by atoms with Gasteiger partial charge in [-0.2, -0.15) is 0 Å². The van der Waals surface area contributed by atoms with Gasteiger partial charge in [0.15, 0.2) is 5.96 Å². The van der Waals surface area contributed by atoms with Gasteiger partial charge in [0.2, 0.25) is 0 Å². The second-order valence-electron chi connectivity index (χ2n) is 8.49. The Morgan fingerprint density at radius 3 is 2.96 bits per heavy atom. The molecule has 0 aliphatic carbocycles. The van der Waals surface area contributed by atoms with E-state index in [1.807, 2.05) is 0 Å². The lowest BCUT2D eigenvalue weighted by atomic mass is 10.1. The summed E-state index contributed by atoms with van der Waals surface area (Å²) >= 11 is 0. The van der Waals surface area contributed by atoms with E-state index in [0.717, 1.165) is 63.3 Å². The van der Waals surface area contributed by atoms with Gasteiger partial charge in [-0.15, -0.1) is 0 Å². The molecule has 1 aromatic rings. The van der Waals surface area contributed by atoms with Gasteiger partial charge in [-0.25, -0.2) is 0 Å². The van der Waals surface area contributed by atoms with Crippen LogP contribution in [0.1, 0.15) is 43.7 Å². The molecule has 0 bridgehead atoms. The van der Waals surface area contributed by atoms with Crippen molar-refractivity contribution in [3.05, 3.63) is 29.3 Å². The number of ether oxygens (including phenoxy) is 1. The number of hydrogen-bond acceptors (Lipinski definition) is 3. The third-order valence-corrected chi connectivity index (χ3v) is 6.30. The second kappa shape index (κ2) is 9.64. The first-order valence-electron chi connectivity index (χ1n) is 11.3. The largest absolute Gasteiger partial charge is 0.493 e. The Hall–Kier alpha value is -1.75. The number of nitrogens with zero attached hydrogens (tertiary/aromatic N) is 3. The predicted octanol–water partition coefficient (Wildman–Crippen LogP) is 2.94. The average Bonchev–Trinajstić information content (AvgIpc) is 3.37. The van der Waals surface area contributed by atoms with Crippen molar-refractivity contribution in [3.63, 3.8) is 0 Å². The van der Waals surface area contributed by atoms with E-state index in [9.17, 15) is 0 Å². The molecular formula is C23H36N4O. The summed E-state index contributed by atoms with van der Waals surface area (Å²) in [5, 5.41) is 3.52. The Kier molecular flexibility index (Phi) is 6.73. The topological polar surface area (TPSA) is 40.1 Å². The van der Waals surface area contributed by atoms with Gasteiger partial charge >= 0.3 is 0 Å². The van der Waals surface area contributed by atoms with Crippen molar-refractivity contribution in [2.75, 3.05) is 52.4 Å². The number of likely N-dealkylation sites (tertiary alicyclic amines) is 2. The summed E-state index contributed by atoms with van der Waals surface area (Å²) in [5.74, 6) is 2.96. The number of rotatable bonds is 6. The standard InChI is InChI=1S/C23H36N4O/c1-2-24-23(25-11-8-19-6-7-22-21(16-19)10-15-28-22)27-14-9-20(18-27)17-26-12-4-3-5-13-26/h6-7,16,20H,2-5,8-15,17-18H2,1H3,(H,24,25). The Labute approximate surface area is 170 Å². The van der Waals surface area contributed by atoms with Gasteiger partial charge in [-0.1, -0.05) is 18.6 Å². The lowest BCUT2D eigenvalue weighted by molar-refractivity contribution is 0.198. The molecule has 1 aromatic carbocycles. The van der Waals surface area contributed by atoms with Gasteiger partial charge in [0.1, 0.15) is 5.75 Å². The van der Waals surface area contributed by atoms with E-state index in [1.54, 1.807) is 0 Å². The van der Waals surface area contributed by atoms with Gasteiger partial charge in [0, 0.05) is 39.1 Å². The van der Waals surface area contributed by atoms with Gasteiger partial charge < -0.3 is 19.9 Å². The first-order valence-corrected chi connectivity index (χ1v) is 11.3. The number of hydrogen-bond donors (Lipinski definition) is 1. The third-order valence-electron chi connectivity index (χ3n) is 6.30. The summed E-state index contributed by atoms with van der Waals surface area (Å²) in [6.07, 6.45) is 7.52. The summed E-state index contributed by atoms with van der Waals surface area (Å²) < 4.78 is 5.61. The van der Waals surface area contributed by atoms with Crippen LogP contribution >= 0.6 is 0 Å². The molecule has 0 aromatic heterocycles. The van der Waals surface area contributed by atoms with E-state index in [-0.39, 0.29) is 0 Å². The van der Waals surface area contributed by atoms with Crippen molar-refractivity contribution in [2.45, 2.75) is 45.4 Å². The monoisotopic (exact) mass is 384 g/mol. The van der Waals surface area contributed by atoms with Crippen LogP contribution in [0.25, 0.3) is 0 Å². The number of nitrogens with one attached hydrogen (secondary N) is 1. The maximum absolute atomic E-state index is 5.61. The zero-order valence-electron chi connectivity index (χ0n) is 17.5. The van der Waals surface area contributed by atoms with Gasteiger partial charge in [0.25, 0.3) is 0 Å². The minimum absolute atomic E-state index is 0.790. The number of benzene rings is 1. The lowest BCUT2D eigenvalue weighted by Gasteiger charge is -2.29. The summed E-state index contributed by atoms with van der Waals surface area (Å²) in [6, 6.07) is 6.62. The number of guanidine groups is 1. The van der Waals surface area contributed by atoms with E-state index >= 15 is 0 Å². The highest BCUT2D eigenvalue weighted by molar-refractivity contribution is 5.80. The van der Waals surface area contributed by atoms with Gasteiger partial charge in [-0.3, -0.25) is 4.99 Å². The SMILES string of the molecule is CCNC(=NCCc1ccc2c(c1)CCO2)N1CCC(CN2CCCCC2)C1. The Bertz CT molecular complexity index is 669. The fourth-order valence-corrected chi connectivity index (χ4v) is 4.79. The van der Waals surface area contributed by atoms with Crippen molar-refractivity contribution in [1.82, 2.24) is 15.1 Å². The van der Waals surface area contributed by atoms with Crippen LogP contribution in [0.3, 0.4) is 0 Å². The minimum Gasteiger partial charge on any atom is -0.493 e. The molecule has 0 radical (unpaired) electrons. The smallest absolute Gasteiger partial charge is 0.193 e. The first kappa shape index (κ1) is 19.6. The van der Waals surface area contributed by atoms with Crippen LogP contribution in [-0.2, 0) is 12.8 Å². The molecule has 5 nitrogen and oxygen atoms in total. The summed E-state index contributed by atoms with van der Waals surface area (Å²) in [7, 11) is 0. The van der Waals surface area contributed by atoms with Crippen LogP contribution in [0.15, 0.2) is 23.2 Å². The Morgan fingerprint density at radius 2 is 2.11 bits per heavy atom. The molecule has 0 spiro atoms. The Balaban J connectivity index is 1.29. The predicted molar refractivity (Wildman–Crippen MR) is 115 cm³/mol. The molecular weight excluding hydrogens is 348 g/mol. The number of aliphatic imine (C=N–C) groups is 1. The van der Waals surface area contributed by atoms with E-state index in [1.165, 1.54) is 56.4 Å². The molecule has 5 heteroatoms. The molecule has 154 valence electrons. The van der Waals surface area contributed by atoms with E-state index in [0.29, 0.717) is 0 Å². The molecule has 3 aliphatic rings. The molecule has 0 saturated carbocycles. The molecule has 1 unspecified atom stereocenters. The lowest BCUT2D eigenvalue weighted by Crippen LogP contribution is -2.41. The van der Waals surface area contributed by atoms with Crippen molar-refractivity contribution in [2.24, 2.45) is 10.9 Å². The van der Waals surface area contributed by atoms with Crippen molar-refractivity contribution < 1.29 is 4.74 Å². The normalized spacial score (nSPS) is 23.0. The summed E-state index contributed by atoms with van der Waals surface area (Å²) in [5.41, 5.74) is 2.72. The molecule has 3 heterocycles. The quantitative estimate of drug-likeness (QED) is 0.605. The minimum atomic E-state index is 0.790. The summed E-state index contributed by atoms with van der Waals surface area (Å²) in [6.45, 7) is 10.9. The Morgan fingerprint density at radius 1 is 1.21 bits per heavy atom. The maximum atomic E-state index is 5.61. The van der Waals surface area contributed by atoms with Crippen LogP contribution < -0.4 is 10.1 Å². The van der Waals surface area contributed by atoms with Crippen LogP contribution in [0, 0.1) is 5.92 Å². The molecule has 2 fully saturated rings. The van der Waals surface area contributed by atoms with Crippen LogP contribution in [0.2, 0.25) is 0 Å². The van der Waals surface area contributed by atoms with E-state index < -0.39 is 0 Å². The number of fused-ring (bicyclic) bond motifs is 1. The van der Waals surface area contributed by atoms with Crippen LogP contribution in [0.4, 0.5) is 0 Å². The zero-order chi connectivity index (χ0) is 19.2. The average molecular weight is 385 g/mol. The van der Waals surface area contributed by atoms with Crippen molar-refractivity contribution in [3.8, 4) is 5.75 Å². The molecule has 2 saturated heterocycles. The fraction of sp³-hybridized carbons (Fsp3) is 0.696. The molecule has 28 heavy (non-hydrogen) atoms. The van der Waals surface area contributed by atoms with E-state index in [2.05, 4.69) is 40.2 Å². The third kappa shape index (κ3) is 4.99. The fourth-order valence-electron chi connectivity index (χ4n) is 4.79. The van der Waals surface area contributed by atoms with E-state index in [4.69, 9.17) is 9.73 Å².